The summed E-state index contributed by atoms with van der Waals surface area (Å²) in [4.78, 5) is 12.4. The quantitative estimate of drug-likeness (QED) is 0.415. The van der Waals surface area contributed by atoms with Crippen molar-refractivity contribution in [3.63, 3.8) is 0 Å². The van der Waals surface area contributed by atoms with Crippen LogP contribution in [-0.4, -0.2) is 39.6 Å². The Hall–Kier alpha value is -2.74. The van der Waals surface area contributed by atoms with Gasteiger partial charge < -0.3 is 18.9 Å². The fraction of sp³-hybridized carbons (Fsp3) is 0.333. The van der Waals surface area contributed by atoms with E-state index in [1.165, 1.54) is 20.4 Å². The monoisotopic (exact) mass is 464 g/mol. The summed E-state index contributed by atoms with van der Waals surface area (Å²) in [6, 6.07) is 8.56. The lowest BCUT2D eigenvalue weighted by Crippen LogP contribution is -2.17. The van der Waals surface area contributed by atoms with E-state index in [-0.39, 0.29) is 5.91 Å². The van der Waals surface area contributed by atoms with Crippen LogP contribution in [-0.2, 0) is 0 Å². The molecule has 0 aliphatic heterocycles. The molecule has 0 saturated heterocycles. The maximum absolute atomic E-state index is 12.4. The molecular formula is C21H25BrN2O5. The molecule has 2 rings (SSSR count). The molecule has 1 amide bonds. The molecule has 0 fully saturated rings. The molecule has 0 aliphatic rings. The molecule has 7 nitrogen and oxygen atoms in total. The largest absolute Gasteiger partial charge is 0.497 e. The number of halogens is 1. The van der Waals surface area contributed by atoms with Crippen LogP contribution in [0.3, 0.4) is 0 Å². The van der Waals surface area contributed by atoms with Crippen molar-refractivity contribution in [3.8, 4) is 23.0 Å². The molecule has 0 heterocycles. The molecule has 156 valence electrons. The number of amides is 1. The van der Waals surface area contributed by atoms with E-state index in [0.29, 0.717) is 41.8 Å². The third-order valence-corrected chi connectivity index (χ3v) is 4.36. The maximum atomic E-state index is 12.4. The van der Waals surface area contributed by atoms with Gasteiger partial charge in [0.15, 0.2) is 11.5 Å². The summed E-state index contributed by atoms with van der Waals surface area (Å²) in [5.74, 6) is 1.92. The summed E-state index contributed by atoms with van der Waals surface area (Å²) in [6.07, 6.45) is 2.43. The second kappa shape index (κ2) is 11.3. The molecule has 0 aromatic heterocycles. The summed E-state index contributed by atoms with van der Waals surface area (Å²) < 4.78 is 22.5. The van der Waals surface area contributed by atoms with Gasteiger partial charge in [-0.2, -0.15) is 5.10 Å². The van der Waals surface area contributed by atoms with E-state index < -0.39 is 0 Å². The molecule has 0 bridgehead atoms. The van der Waals surface area contributed by atoms with Crippen molar-refractivity contribution in [1.29, 1.82) is 0 Å². The molecule has 0 aliphatic carbocycles. The van der Waals surface area contributed by atoms with E-state index in [2.05, 4.69) is 26.5 Å². The lowest BCUT2D eigenvalue weighted by atomic mass is 10.2. The molecule has 0 radical (unpaired) electrons. The summed E-state index contributed by atoms with van der Waals surface area (Å²) in [7, 11) is 3.05. The molecule has 0 saturated carbocycles. The molecule has 1 N–H and O–H groups in total. The molecule has 8 heteroatoms. The topological polar surface area (TPSA) is 78.4 Å². The van der Waals surface area contributed by atoms with Gasteiger partial charge in [0.1, 0.15) is 11.5 Å². The van der Waals surface area contributed by atoms with Crippen molar-refractivity contribution >= 4 is 28.1 Å². The zero-order valence-corrected chi connectivity index (χ0v) is 18.5. The second-order valence-electron chi connectivity index (χ2n) is 5.91. The smallest absolute Gasteiger partial charge is 0.271 e. The van der Waals surface area contributed by atoms with Gasteiger partial charge in [0.25, 0.3) is 5.91 Å². The zero-order chi connectivity index (χ0) is 21.2. The third-order valence-electron chi connectivity index (χ3n) is 3.78. The van der Waals surface area contributed by atoms with Gasteiger partial charge in [-0.25, -0.2) is 5.43 Å². The molecular weight excluding hydrogens is 440 g/mol. The number of carbonyl (C=O) groups excluding carboxylic acids is 1. The molecule has 29 heavy (non-hydrogen) atoms. The molecule has 0 spiro atoms. The number of benzene rings is 2. The Morgan fingerprint density at radius 2 is 1.76 bits per heavy atom. The van der Waals surface area contributed by atoms with Gasteiger partial charge in [-0.1, -0.05) is 6.92 Å². The summed E-state index contributed by atoms with van der Waals surface area (Å²) in [5.41, 5.74) is 3.62. The Kier molecular flexibility index (Phi) is 8.79. The first-order valence-electron chi connectivity index (χ1n) is 9.17. The highest BCUT2D eigenvalue weighted by Crippen LogP contribution is 2.36. The first kappa shape index (κ1) is 22.5. The van der Waals surface area contributed by atoms with Crippen LogP contribution in [0, 0.1) is 0 Å². The van der Waals surface area contributed by atoms with Crippen LogP contribution in [0.2, 0.25) is 0 Å². The van der Waals surface area contributed by atoms with Crippen molar-refractivity contribution in [2.45, 2.75) is 20.3 Å². The SMILES string of the molecule is CCCOc1c(Br)cc(/C=N\NC(=O)c2cc(OC)cc(OC)c2)cc1OCC. The number of rotatable bonds is 10. The van der Waals surface area contributed by atoms with E-state index >= 15 is 0 Å². The first-order chi connectivity index (χ1) is 14.0. The van der Waals surface area contributed by atoms with Gasteiger partial charge in [0.05, 0.1) is 38.1 Å². The Labute approximate surface area is 179 Å². The van der Waals surface area contributed by atoms with Crippen LogP contribution in [0.4, 0.5) is 0 Å². The normalized spacial score (nSPS) is 10.7. The molecule has 2 aromatic carbocycles. The van der Waals surface area contributed by atoms with Crippen LogP contribution < -0.4 is 24.4 Å². The van der Waals surface area contributed by atoms with E-state index in [4.69, 9.17) is 18.9 Å². The van der Waals surface area contributed by atoms with Crippen LogP contribution in [0.15, 0.2) is 39.9 Å². The number of nitrogens with one attached hydrogen (secondary N) is 1. The minimum absolute atomic E-state index is 0.373. The van der Waals surface area contributed by atoms with E-state index in [1.807, 2.05) is 26.0 Å². The average molecular weight is 465 g/mol. The second-order valence-corrected chi connectivity index (χ2v) is 6.77. The van der Waals surface area contributed by atoms with Crippen LogP contribution in [0.25, 0.3) is 0 Å². The Morgan fingerprint density at radius 3 is 2.34 bits per heavy atom. The predicted octanol–water partition coefficient (Wildman–Crippen LogP) is 4.42. The van der Waals surface area contributed by atoms with Crippen LogP contribution >= 0.6 is 15.9 Å². The standard InChI is InChI=1S/C21H25BrN2O5/c1-5-7-29-20-18(22)8-14(9-19(20)28-6-2)13-23-24-21(25)15-10-16(26-3)12-17(11-15)27-4/h8-13H,5-7H2,1-4H3,(H,24,25)/b23-13-. The van der Waals surface area contributed by atoms with Crippen molar-refractivity contribution in [2.24, 2.45) is 5.10 Å². The average Bonchev–Trinajstić information content (AvgIpc) is 2.72. The first-order valence-corrected chi connectivity index (χ1v) is 9.97. The van der Waals surface area contributed by atoms with Gasteiger partial charge in [-0.15, -0.1) is 0 Å². The fourth-order valence-corrected chi connectivity index (χ4v) is 3.01. The third kappa shape index (κ3) is 6.39. The van der Waals surface area contributed by atoms with Gasteiger partial charge in [0, 0.05) is 11.6 Å². The highest BCUT2D eigenvalue weighted by atomic mass is 79.9. The van der Waals surface area contributed by atoms with Gasteiger partial charge in [-0.3, -0.25) is 4.79 Å². The summed E-state index contributed by atoms with van der Waals surface area (Å²) in [6.45, 7) is 5.03. The number of nitrogens with zero attached hydrogens (tertiary/aromatic N) is 1. The number of ether oxygens (including phenoxy) is 4. The fourth-order valence-electron chi connectivity index (χ4n) is 2.44. The van der Waals surface area contributed by atoms with E-state index in [9.17, 15) is 4.79 Å². The van der Waals surface area contributed by atoms with Crippen molar-refractivity contribution < 1.29 is 23.7 Å². The number of hydrazone groups is 1. The van der Waals surface area contributed by atoms with E-state index in [0.717, 1.165) is 16.5 Å². The Bertz CT molecular complexity index is 848. The summed E-state index contributed by atoms with van der Waals surface area (Å²) in [5, 5.41) is 4.04. The Morgan fingerprint density at radius 1 is 1.07 bits per heavy atom. The molecule has 2 aromatic rings. The van der Waals surface area contributed by atoms with E-state index in [1.54, 1.807) is 18.2 Å². The van der Waals surface area contributed by atoms with Crippen molar-refractivity contribution in [3.05, 3.63) is 45.9 Å². The summed E-state index contributed by atoms with van der Waals surface area (Å²) >= 11 is 3.51. The minimum Gasteiger partial charge on any atom is -0.497 e. The van der Waals surface area contributed by atoms with Gasteiger partial charge >= 0.3 is 0 Å². The lowest BCUT2D eigenvalue weighted by molar-refractivity contribution is 0.0954. The van der Waals surface area contributed by atoms with Gasteiger partial charge in [0.2, 0.25) is 0 Å². The predicted molar refractivity (Wildman–Crippen MR) is 116 cm³/mol. The highest BCUT2D eigenvalue weighted by molar-refractivity contribution is 9.10. The van der Waals surface area contributed by atoms with Gasteiger partial charge in [-0.05, 0) is 59.1 Å². The Balaban J connectivity index is 2.16. The molecule has 0 atom stereocenters. The lowest BCUT2D eigenvalue weighted by Gasteiger charge is -2.14. The van der Waals surface area contributed by atoms with Crippen LogP contribution in [0.5, 0.6) is 23.0 Å². The number of hydrogen-bond acceptors (Lipinski definition) is 6. The minimum atomic E-state index is -0.384. The highest BCUT2D eigenvalue weighted by Gasteiger charge is 2.12. The van der Waals surface area contributed by atoms with Crippen LogP contribution in [0.1, 0.15) is 36.2 Å². The number of hydrogen-bond donors (Lipinski definition) is 1. The van der Waals surface area contributed by atoms with Crippen molar-refractivity contribution in [2.75, 3.05) is 27.4 Å². The number of methoxy groups -OCH3 is 2. The molecule has 0 unspecified atom stereocenters. The number of carbonyl (C=O) groups is 1. The maximum Gasteiger partial charge on any atom is 0.271 e. The van der Waals surface area contributed by atoms with Crippen molar-refractivity contribution in [1.82, 2.24) is 5.43 Å². The zero-order valence-electron chi connectivity index (χ0n) is 17.0.